The maximum atomic E-state index is 11.2. The van der Waals surface area contributed by atoms with Crippen LogP contribution in [0.2, 0.25) is 0 Å². The fourth-order valence-corrected chi connectivity index (χ4v) is 0.560. The summed E-state index contributed by atoms with van der Waals surface area (Å²) in [6, 6.07) is 0. The topological polar surface area (TPSA) is 29.1 Å². The van der Waals surface area contributed by atoms with Crippen molar-refractivity contribution >= 4 is 5.91 Å². The van der Waals surface area contributed by atoms with Crippen LogP contribution in [0.25, 0.3) is 0 Å². The summed E-state index contributed by atoms with van der Waals surface area (Å²) in [5.74, 6) is 0.150. The van der Waals surface area contributed by atoms with Gasteiger partial charge < -0.3 is 5.32 Å². The Labute approximate surface area is 90.5 Å². The molecule has 0 aliphatic carbocycles. The van der Waals surface area contributed by atoms with Crippen LogP contribution in [0.3, 0.4) is 0 Å². The minimum atomic E-state index is -0.198. The summed E-state index contributed by atoms with van der Waals surface area (Å²) < 4.78 is 0. The lowest BCUT2D eigenvalue weighted by Crippen LogP contribution is -2.36. The van der Waals surface area contributed by atoms with Crippen LogP contribution in [0.15, 0.2) is 0 Å². The summed E-state index contributed by atoms with van der Waals surface area (Å²) in [7, 11) is 0. The highest BCUT2D eigenvalue weighted by Gasteiger charge is 2.23. The number of carbonyl (C=O) groups excluding carboxylic acids is 1. The minimum Gasteiger partial charge on any atom is -0.356 e. The Morgan fingerprint density at radius 2 is 1.43 bits per heavy atom. The molecule has 0 aliphatic heterocycles. The molecule has 0 spiro atoms. The summed E-state index contributed by atoms with van der Waals surface area (Å²) in [5.41, 5.74) is -0.198. The molecule has 0 aromatic heterocycles. The Morgan fingerprint density at radius 1 is 1.07 bits per heavy atom. The standard InChI is InChI=1S/C8H17NO.2C2H6/c1-5-8(3,4)7(10)9-6-2;2*1-2/h5-6H2,1-4H3,(H,9,10);2*1-2H3. The lowest BCUT2D eigenvalue weighted by molar-refractivity contribution is -0.129. The van der Waals surface area contributed by atoms with Crippen LogP contribution in [0.5, 0.6) is 0 Å². The van der Waals surface area contributed by atoms with E-state index in [4.69, 9.17) is 0 Å². The van der Waals surface area contributed by atoms with E-state index >= 15 is 0 Å². The van der Waals surface area contributed by atoms with Gasteiger partial charge >= 0.3 is 0 Å². The lowest BCUT2D eigenvalue weighted by Gasteiger charge is -2.20. The Bertz CT molecular complexity index is 119. The molecule has 0 heterocycles. The molecule has 0 saturated carbocycles. The van der Waals surface area contributed by atoms with Gasteiger partial charge in [-0.15, -0.1) is 0 Å². The molecule has 0 unspecified atom stereocenters. The van der Waals surface area contributed by atoms with Gasteiger partial charge in [-0.25, -0.2) is 0 Å². The molecule has 0 aromatic carbocycles. The average molecular weight is 203 g/mol. The molecule has 1 N–H and O–H groups in total. The van der Waals surface area contributed by atoms with E-state index in [0.29, 0.717) is 0 Å². The quantitative estimate of drug-likeness (QED) is 0.746. The largest absolute Gasteiger partial charge is 0.356 e. The molecule has 2 nitrogen and oxygen atoms in total. The molecule has 1 amide bonds. The van der Waals surface area contributed by atoms with Gasteiger partial charge in [-0.1, -0.05) is 48.5 Å². The predicted octanol–water partition coefficient (Wildman–Crippen LogP) is 3.61. The van der Waals surface area contributed by atoms with Crippen molar-refractivity contribution in [2.75, 3.05) is 6.54 Å². The monoisotopic (exact) mass is 203 g/mol. The minimum absolute atomic E-state index is 0.150. The third kappa shape index (κ3) is 9.56. The summed E-state index contributed by atoms with van der Waals surface area (Å²) >= 11 is 0. The van der Waals surface area contributed by atoms with Crippen LogP contribution in [-0.4, -0.2) is 12.5 Å². The lowest BCUT2D eigenvalue weighted by atomic mass is 9.89. The fraction of sp³-hybridized carbons (Fsp3) is 0.917. The van der Waals surface area contributed by atoms with Gasteiger partial charge in [0, 0.05) is 12.0 Å². The zero-order valence-corrected chi connectivity index (χ0v) is 11.3. The Morgan fingerprint density at radius 3 is 1.64 bits per heavy atom. The van der Waals surface area contributed by atoms with Gasteiger partial charge in [-0.3, -0.25) is 4.79 Å². The summed E-state index contributed by atoms with van der Waals surface area (Å²) in [4.78, 5) is 11.2. The average Bonchev–Trinajstić information content (AvgIpc) is 2.24. The number of amides is 1. The predicted molar refractivity (Wildman–Crippen MR) is 65.5 cm³/mol. The van der Waals surface area contributed by atoms with E-state index in [1.165, 1.54) is 0 Å². The third-order valence-corrected chi connectivity index (χ3v) is 1.84. The third-order valence-electron chi connectivity index (χ3n) is 1.84. The maximum absolute atomic E-state index is 11.2. The molecule has 0 radical (unpaired) electrons. The van der Waals surface area contributed by atoms with Crippen LogP contribution >= 0.6 is 0 Å². The van der Waals surface area contributed by atoms with Crippen LogP contribution < -0.4 is 5.32 Å². The van der Waals surface area contributed by atoms with Crippen LogP contribution in [0, 0.1) is 5.41 Å². The number of hydrogen-bond donors (Lipinski definition) is 1. The van der Waals surface area contributed by atoms with Gasteiger partial charge in [-0.05, 0) is 13.3 Å². The molecule has 0 atom stereocenters. The fourth-order valence-electron chi connectivity index (χ4n) is 0.560. The number of carbonyl (C=O) groups is 1. The van der Waals surface area contributed by atoms with Gasteiger partial charge in [-0.2, -0.15) is 0 Å². The van der Waals surface area contributed by atoms with Crippen molar-refractivity contribution in [3.63, 3.8) is 0 Å². The number of nitrogens with one attached hydrogen (secondary N) is 1. The highest BCUT2D eigenvalue weighted by molar-refractivity contribution is 5.81. The summed E-state index contributed by atoms with van der Waals surface area (Å²) in [5, 5.41) is 2.80. The van der Waals surface area contributed by atoms with Crippen LogP contribution in [-0.2, 0) is 4.79 Å². The first-order valence-corrected chi connectivity index (χ1v) is 5.83. The molecular formula is C12H29NO. The van der Waals surface area contributed by atoms with E-state index in [2.05, 4.69) is 5.32 Å². The van der Waals surface area contributed by atoms with Crippen LogP contribution in [0.1, 0.15) is 61.8 Å². The second-order valence-electron chi connectivity index (χ2n) is 3.10. The number of rotatable bonds is 3. The first-order valence-electron chi connectivity index (χ1n) is 5.83. The Kier molecular flexibility index (Phi) is 17.0. The van der Waals surface area contributed by atoms with E-state index in [1.54, 1.807) is 0 Å². The van der Waals surface area contributed by atoms with Crippen molar-refractivity contribution in [3.05, 3.63) is 0 Å². The van der Waals surface area contributed by atoms with E-state index < -0.39 is 0 Å². The van der Waals surface area contributed by atoms with Crippen molar-refractivity contribution in [2.24, 2.45) is 5.41 Å². The van der Waals surface area contributed by atoms with E-state index in [0.717, 1.165) is 13.0 Å². The second-order valence-corrected chi connectivity index (χ2v) is 3.10. The maximum Gasteiger partial charge on any atom is 0.225 e. The van der Waals surface area contributed by atoms with Gasteiger partial charge in [0.1, 0.15) is 0 Å². The van der Waals surface area contributed by atoms with Gasteiger partial charge in [0.15, 0.2) is 0 Å². The second kappa shape index (κ2) is 12.5. The molecular weight excluding hydrogens is 174 g/mol. The molecule has 0 saturated heterocycles. The molecule has 14 heavy (non-hydrogen) atoms. The number of hydrogen-bond acceptors (Lipinski definition) is 1. The van der Waals surface area contributed by atoms with Gasteiger partial charge in [0.25, 0.3) is 0 Å². The molecule has 0 rings (SSSR count). The highest BCUT2D eigenvalue weighted by Crippen LogP contribution is 2.18. The zero-order chi connectivity index (χ0) is 12.2. The van der Waals surface area contributed by atoms with E-state index in [1.807, 2.05) is 55.4 Å². The first kappa shape index (κ1) is 19.1. The summed E-state index contributed by atoms with van der Waals surface area (Å²) in [6.07, 6.45) is 0.888. The smallest absolute Gasteiger partial charge is 0.225 e. The van der Waals surface area contributed by atoms with Crippen molar-refractivity contribution < 1.29 is 4.79 Å². The Balaban J connectivity index is -0.000000266. The van der Waals surface area contributed by atoms with Gasteiger partial charge in [0.05, 0.1) is 0 Å². The normalized spacial score (nSPS) is 8.86. The van der Waals surface area contributed by atoms with E-state index in [9.17, 15) is 4.79 Å². The van der Waals surface area contributed by atoms with Crippen molar-refractivity contribution in [1.29, 1.82) is 0 Å². The molecule has 0 bridgehead atoms. The molecule has 0 aromatic rings. The Hall–Kier alpha value is -0.530. The SMILES string of the molecule is CC.CC.CCNC(=O)C(C)(C)CC. The highest BCUT2D eigenvalue weighted by atomic mass is 16.2. The molecule has 0 fully saturated rings. The molecule has 0 aliphatic rings. The molecule has 88 valence electrons. The van der Waals surface area contributed by atoms with Crippen molar-refractivity contribution in [2.45, 2.75) is 61.8 Å². The van der Waals surface area contributed by atoms with Gasteiger partial charge in [0.2, 0.25) is 5.91 Å². The summed E-state index contributed by atoms with van der Waals surface area (Å²) in [6.45, 7) is 16.6. The zero-order valence-electron chi connectivity index (χ0n) is 11.3. The van der Waals surface area contributed by atoms with Crippen molar-refractivity contribution in [1.82, 2.24) is 5.32 Å². The molecule has 2 heteroatoms. The van der Waals surface area contributed by atoms with Crippen molar-refractivity contribution in [3.8, 4) is 0 Å². The van der Waals surface area contributed by atoms with E-state index in [-0.39, 0.29) is 11.3 Å². The van der Waals surface area contributed by atoms with Crippen LogP contribution in [0.4, 0.5) is 0 Å². The first-order chi connectivity index (χ1) is 6.54.